The fraction of sp³-hybridized carbons (Fsp3) is 0.909. The van der Waals surface area contributed by atoms with Crippen LogP contribution in [-0.4, -0.2) is 26.4 Å². The molecule has 0 aromatic carbocycles. The Kier molecular flexibility index (Phi) is 5.79. The van der Waals surface area contributed by atoms with E-state index < -0.39 is 19.2 Å². The third kappa shape index (κ3) is 5.80. The summed E-state index contributed by atoms with van der Waals surface area (Å²) >= 11 is 0. The Bertz CT molecular complexity index is 305. The highest BCUT2D eigenvalue weighted by Gasteiger charge is 2.37. The summed E-state index contributed by atoms with van der Waals surface area (Å²) in [4.78, 5) is 9.87. The Morgan fingerprint density at radius 3 is 2.35 bits per heavy atom. The molecule has 0 rings (SSSR count). The van der Waals surface area contributed by atoms with Crippen molar-refractivity contribution in [3.05, 3.63) is 10.1 Å². The second-order valence-electron chi connectivity index (χ2n) is 5.74. The lowest BCUT2D eigenvalue weighted by molar-refractivity contribution is -0.485. The molecule has 6 heteroatoms. The number of nitriles is 1. The normalized spacial score (nSPS) is 14.1. The highest BCUT2D eigenvalue weighted by molar-refractivity contribution is 6.74. The minimum Gasteiger partial charge on any atom is -0.417 e. The minimum absolute atomic E-state index is 0.123. The molecule has 0 amide bonds. The number of rotatable bonds is 6. The van der Waals surface area contributed by atoms with Gasteiger partial charge < -0.3 is 4.43 Å². The van der Waals surface area contributed by atoms with E-state index in [9.17, 15) is 10.1 Å². The molecule has 0 aromatic heterocycles. The summed E-state index contributed by atoms with van der Waals surface area (Å²) in [7, 11) is -1.80. The van der Waals surface area contributed by atoms with Crippen molar-refractivity contribution in [2.45, 2.75) is 45.3 Å². The second-order valence-corrected chi connectivity index (χ2v) is 10.5. The van der Waals surface area contributed by atoms with Crippen molar-refractivity contribution < 1.29 is 9.35 Å². The lowest BCUT2D eigenvalue weighted by atomic mass is 10.1. The standard InChI is InChI=1S/C11H22N2O3Si/c1-11(2,3)17(4,5)16-7-6-10(8-12)9-13(14)15/h10H,6-7,9H2,1-5H3/t10-/m1/s1. The van der Waals surface area contributed by atoms with Crippen molar-refractivity contribution in [3.63, 3.8) is 0 Å². The van der Waals surface area contributed by atoms with E-state index in [4.69, 9.17) is 9.69 Å². The summed E-state index contributed by atoms with van der Waals surface area (Å²) in [5.74, 6) is -0.547. The average molecular weight is 258 g/mol. The van der Waals surface area contributed by atoms with Gasteiger partial charge in [-0.1, -0.05) is 20.8 Å². The molecule has 0 saturated heterocycles. The summed E-state index contributed by atoms with van der Waals surface area (Å²) in [5, 5.41) is 19.2. The van der Waals surface area contributed by atoms with Crippen molar-refractivity contribution in [2.75, 3.05) is 13.2 Å². The highest BCUT2D eigenvalue weighted by atomic mass is 28.4. The van der Waals surface area contributed by atoms with E-state index in [1.165, 1.54) is 0 Å². The van der Waals surface area contributed by atoms with Crippen LogP contribution in [0.4, 0.5) is 0 Å². The smallest absolute Gasteiger partial charge is 0.219 e. The molecule has 0 bridgehead atoms. The van der Waals surface area contributed by atoms with Crippen molar-refractivity contribution in [2.24, 2.45) is 5.92 Å². The quantitative estimate of drug-likeness (QED) is 0.417. The molecular weight excluding hydrogens is 236 g/mol. The molecule has 0 unspecified atom stereocenters. The van der Waals surface area contributed by atoms with Crippen molar-refractivity contribution in [1.82, 2.24) is 0 Å². The van der Waals surface area contributed by atoms with Crippen molar-refractivity contribution in [1.29, 1.82) is 5.26 Å². The van der Waals surface area contributed by atoms with E-state index in [1.807, 2.05) is 6.07 Å². The van der Waals surface area contributed by atoms with Gasteiger partial charge in [-0.2, -0.15) is 5.26 Å². The van der Waals surface area contributed by atoms with Crippen LogP contribution in [0.2, 0.25) is 18.1 Å². The zero-order valence-electron chi connectivity index (χ0n) is 11.3. The van der Waals surface area contributed by atoms with Gasteiger partial charge in [-0.25, -0.2) is 0 Å². The van der Waals surface area contributed by atoms with Crippen LogP contribution in [0.25, 0.3) is 0 Å². The van der Waals surface area contributed by atoms with Gasteiger partial charge in [0.2, 0.25) is 6.54 Å². The molecule has 0 spiro atoms. The predicted octanol–water partition coefficient (Wildman–Crippen LogP) is 2.81. The third-order valence-corrected chi connectivity index (χ3v) is 7.83. The predicted molar refractivity (Wildman–Crippen MR) is 68.7 cm³/mol. The Morgan fingerprint density at radius 1 is 1.47 bits per heavy atom. The molecule has 0 aliphatic carbocycles. The Labute approximate surface area is 104 Å². The molecule has 17 heavy (non-hydrogen) atoms. The first kappa shape index (κ1) is 16.1. The van der Waals surface area contributed by atoms with Crippen molar-refractivity contribution >= 4 is 8.32 Å². The van der Waals surface area contributed by atoms with E-state index in [1.54, 1.807) is 0 Å². The first-order chi connectivity index (χ1) is 7.60. The van der Waals surface area contributed by atoms with Gasteiger partial charge in [0.1, 0.15) is 5.92 Å². The maximum Gasteiger partial charge on any atom is 0.219 e. The van der Waals surface area contributed by atoms with Gasteiger partial charge in [0.05, 0.1) is 6.07 Å². The first-order valence-corrected chi connectivity index (χ1v) is 8.66. The molecule has 5 nitrogen and oxygen atoms in total. The van der Waals surface area contributed by atoms with Gasteiger partial charge in [-0.3, -0.25) is 10.1 Å². The number of hydrogen-bond donors (Lipinski definition) is 0. The monoisotopic (exact) mass is 258 g/mol. The zero-order chi connectivity index (χ0) is 13.7. The molecule has 0 heterocycles. The molecule has 0 aromatic rings. The molecular formula is C11H22N2O3Si. The molecule has 0 aliphatic rings. The van der Waals surface area contributed by atoms with Crippen LogP contribution < -0.4 is 0 Å². The maximum absolute atomic E-state index is 10.3. The SMILES string of the molecule is CC(C)(C)[Si](C)(C)OCC[C@H](C#N)C[N+](=O)[O-]. The van der Waals surface area contributed by atoms with E-state index in [2.05, 4.69) is 33.9 Å². The number of nitrogens with zero attached hydrogens (tertiary/aromatic N) is 2. The van der Waals surface area contributed by atoms with Crippen molar-refractivity contribution in [3.8, 4) is 6.07 Å². The maximum atomic E-state index is 10.3. The average Bonchev–Trinajstić information content (AvgIpc) is 2.13. The van der Waals surface area contributed by atoms with E-state index >= 15 is 0 Å². The molecule has 0 fully saturated rings. The lowest BCUT2D eigenvalue weighted by Crippen LogP contribution is -2.41. The Balaban J connectivity index is 4.15. The molecule has 0 saturated carbocycles. The molecule has 0 radical (unpaired) electrons. The second kappa shape index (κ2) is 6.12. The van der Waals surface area contributed by atoms with Gasteiger partial charge in [0.15, 0.2) is 8.32 Å². The molecule has 1 atom stereocenters. The van der Waals surface area contributed by atoms with Crippen LogP contribution in [-0.2, 0) is 4.43 Å². The fourth-order valence-corrected chi connectivity index (χ4v) is 2.11. The zero-order valence-corrected chi connectivity index (χ0v) is 12.3. The number of nitro groups is 1. The van der Waals surface area contributed by atoms with Crippen LogP contribution in [0.1, 0.15) is 27.2 Å². The largest absolute Gasteiger partial charge is 0.417 e. The van der Waals surface area contributed by atoms with Gasteiger partial charge in [0.25, 0.3) is 0 Å². The number of hydrogen-bond acceptors (Lipinski definition) is 4. The highest BCUT2D eigenvalue weighted by Crippen LogP contribution is 2.36. The summed E-state index contributed by atoms with van der Waals surface area (Å²) in [6.07, 6.45) is 0.435. The van der Waals surface area contributed by atoms with Crippen LogP contribution in [0.15, 0.2) is 0 Å². The van der Waals surface area contributed by atoms with E-state index in [0.717, 1.165) is 0 Å². The topological polar surface area (TPSA) is 76.2 Å². The van der Waals surface area contributed by atoms with Crippen LogP contribution in [0.3, 0.4) is 0 Å². The van der Waals surface area contributed by atoms with Crippen LogP contribution >= 0.6 is 0 Å². The van der Waals surface area contributed by atoms with Gasteiger partial charge >= 0.3 is 0 Å². The minimum atomic E-state index is -1.80. The van der Waals surface area contributed by atoms with Gasteiger partial charge in [0, 0.05) is 11.5 Å². The summed E-state index contributed by atoms with van der Waals surface area (Å²) in [6, 6.07) is 1.95. The Hall–Kier alpha value is -0.933. The van der Waals surface area contributed by atoms with Gasteiger partial charge in [-0.05, 0) is 24.6 Å². The summed E-state index contributed by atoms with van der Waals surface area (Å²) in [6.45, 7) is 10.8. The molecule has 98 valence electrons. The Morgan fingerprint density at radius 2 is 2.00 bits per heavy atom. The van der Waals surface area contributed by atoms with Crippen LogP contribution in [0, 0.1) is 27.4 Å². The lowest BCUT2D eigenvalue weighted by Gasteiger charge is -2.36. The van der Waals surface area contributed by atoms with E-state index in [0.29, 0.717) is 13.0 Å². The fourth-order valence-electron chi connectivity index (χ4n) is 1.05. The van der Waals surface area contributed by atoms with Crippen LogP contribution in [0.5, 0.6) is 0 Å². The first-order valence-electron chi connectivity index (χ1n) is 5.75. The molecule has 0 N–H and O–H groups in total. The molecule has 0 aliphatic heterocycles. The van der Waals surface area contributed by atoms with E-state index in [-0.39, 0.29) is 11.6 Å². The van der Waals surface area contributed by atoms with Gasteiger partial charge in [-0.15, -0.1) is 0 Å². The third-order valence-electron chi connectivity index (χ3n) is 3.29. The summed E-state index contributed by atoms with van der Waals surface area (Å²) in [5.41, 5.74) is 0. The summed E-state index contributed by atoms with van der Waals surface area (Å²) < 4.78 is 5.87.